The third kappa shape index (κ3) is 6.74. The number of carbonyl (C=O) groups excluding carboxylic acids is 1. The zero-order valence-electron chi connectivity index (χ0n) is 24.0. The number of benzene rings is 2. The molecule has 224 valence electrons. The largest absolute Gasteiger partial charge is 0.348 e. The van der Waals surface area contributed by atoms with E-state index < -0.39 is 27.7 Å². The van der Waals surface area contributed by atoms with Gasteiger partial charge in [-0.1, -0.05) is 18.1 Å². The van der Waals surface area contributed by atoms with Crippen molar-refractivity contribution in [1.29, 1.82) is 0 Å². The van der Waals surface area contributed by atoms with Crippen LogP contribution in [-0.2, 0) is 28.3 Å². The second-order valence-corrected chi connectivity index (χ2v) is 12.3. The molecule has 3 N–H and O–H groups in total. The number of nitrogens with zero attached hydrogens (tertiary/aromatic N) is 3. The number of rotatable bonds is 7. The first kappa shape index (κ1) is 30.3. The number of hydrogen-bond donors (Lipinski definition) is 3. The monoisotopic (exact) mass is 606 g/mol. The topological polar surface area (TPSA) is 118 Å². The van der Waals surface area contributed by atoms with Crippen molar-refractivity contribution < 1.29 is 22.0 Å². The van der Waals surface area contributed by atoms with Gasteiger partial charge in [-0.05, 0) is 81.1 Å². The summed E-state index contributed by atoms with van der Waals surface area (Å²) in [7, 11) is -0.907. The van der Waals surface area contributed by atoms with Crippen molar-refractivity contribution >= 4 is 26.8 Å². The summed E-state index contributed by atoms with van der Waals surface area (Å²) >= 11 is 0. The Morgan fingerprint density at radius 2 is 1.91 bits per heavy atom. The SMILES string of the molecule is CNS(=O)(=O)c1nn(C)c2c(-c3ccc(C#C[C@@H]4CCCCN4)nc3[C@H](Cc3cc(F)cc(F)c3)NC(C)=O)cccc12. The lowest BCUT2D eigenvalue weighted by Gasteiger charge is -2.22. The van der Waals surface area contributed by atoms with E-state index in [-0.39, 0.29) is 23.4 Å². The Kier molecular flexibility index (Phi) is 8.87. The number of pyridine rings is 1. The minimum Gasteiger partial charge on any atom is -0.348 e. The molecule has 2 aromatic carbocycles. The summed E-state index contributed by atoms with van der Waals surface area (Å²) in [5.74, 6) is 4.55. The molecule has 2 aromatic heterocycles. The Hall–Kier alpha value is -4.18. The molecule has 0 saturated carbocycles. The van der Waals surface area contributed by atoms with E-state index in [2.05, 4.69) is 32.3 Å². The molecule has 1 aliphatic heterocycles. The smallest absolute Gasteiger partial charge is 0.260 e. The van der Waals surface area contributed by atoms with Crippen LogP contribution in [0, 0.1) is 23.5 Å². The highest BCUT2D eigenvalue weighted by Crippen LogP contribution is 2.36. The number of halogens is 2. The van der Waals surface area contributed by atoms with Gasteiger partial charge in [-0.2, -0.15) is 5.10 Å². The number of sulfonamides is 1. The van der Waals surface area contributed by atoms with Gasteiger partial charge in [0.15, 0.2) is 5.03 Å². The lowest BCUT2D eigenvalue weighted by Crippen LogP contribution is -2.32. The van der Waals surface area contributed by atoms with Gasteiger partial charge in [0, 0.05) is 36.6 Å². The van der Waals surface area contributed by atoms with Crippen LogP contribution in [-0.4, -0.2) is 48.7 Å². The Bertz CT molecular complexity index is 1840. The van der Waals surface area contributed by atoms with Gasteiger partial charge < -0.3 is 10.6 Å². The molecule has 0 spiro atoms. The second-order valence-electron chi connectivity index (χ2n) is 10.5. The van der Waals surface area contributed by atoms with Crippen molar-refractivity contribution in [3.05, 3.63) is 77.1 Å². The van der Waals surface area contributed by atoms with Crippen molar-refractivity contribution in [2.24, 2.45) is 7.05 Å². The number of para-hydroxylation sites is 1. The zero-order valence-corrected chi connectivity index (χ0v) is 24.9. The average Bonchev–Trinajstić information content (AvgIpc) is 3.33. The number of aryl methyl sites for hydroxylation is 1. The summed E-state index contributed by atoms with van der Waals surface area (Å²) < 4.78 is 57.6. The minimum atomic E-state index is -3.87. The van der Waals surface area contributed by atoms with Gasteiger partial charge in [0.25, 0.3) is 10.0 Å². The van der Waals surface area contributed by atoms with Crippen molar-refractivity contribution in [3.63, 3.8) is 0 Å². The van der Waals surface area contributed by atoms with Crippen LogP contribution in [0.15, 0.2) is 53.6 Å². The molecule has 2 atom stereocenters. The van der Waals surface area contributed by atoms with Crippen LogP contribution in [0.4, 0.5) is 8.78 Å². The molecule has 3 heterocycles. The molecule has 1 amide bonds. The van der Waals surface area contributed by atoms with E-state index in [9.17, 15) is 22.0 Å². The molecule has 12 heteroatoms. The quantitative estimate of drug-likeness (QED) is 0.276. The summed E-state index contributed by atoms with van der Waals surface area (Å²) in [6.45, 7) is 2.25. The third-order valence-electron chi connectivity index (χ3n) is 7.32. The van der Waals surface area contributed by atoms with Crippen molar-refractivity contribution in [1.82, 2.24) is 30.1 Å². The fourth-order valence-electron chi connectivity index (χ4n) is 5.42. The van der Waals surface area contributed by atoms with Crippen LogP contribution in [0.25, 0.3) is 22.0 Å². The average molecular weight is 607 g/mol. The van der Waals surface area contributed by atoms with E-state index >= 15 is 0 Å². The summed E-state index contributed by atoms with van der Waals surface area (Å²) in [6.07, 6.45) is 3.15. The van der Waals surface area contributed by atoms with E-state index in [1.54, 1.807) is 25.2 Å². The highest BCUT2D eigenvalue weighted by Gasteiger charge is 2.26. The number of nitrogens with one attached hydrogen (secondary N) is 3. The molecule has 1 aliphatic rings. The van der Waals surface area contributed by atoms with E-state index in [4.69, 9.17) is 4.98 Å². The Morgan fingerprint density at radius 3 is 2.58 bits per heavy atom. The standard InChI is InChI=1S/C31H32F2N6O3S/c1-19(40)36-28(17-20-15-21(32)18-22(33)16-20)29-25(13-12-24(37-29)11-10-23-7-4-5-14-35-23)26-8-6-9-27-30(26)39(3)38-31(27)43(41,42)34-2/h6,8-9,12-13,15-16,18,23,28,34-35H,4-5,7,14,17H2,1-3H3,(H,36,40)/t23-,28-/m0/s1. The predicted octanol–water partition coefficient (Wildman–Crippen LogP) is 3.74. The number of carbonyl (C=O) groups is 1. The van der Waals surface area contributed by atoms with Gasteiger partial charge in [0.05, 0.1) is 23.3 Å². The van der Waals surface area contributed by atoms with E-state index in [0.717, 1.165) is 31.9 Å². The number of aromatic nitrogens is 3. The predicted molar refractivity (Wildman–Crippen MR) is 159 cm³/mol. The fourth-order valence-corrected chi connectivity index (χ4v) is 6.29. The third-order valence-corrected chi connectivity index (χ3v) is 8.67. The molecule has 1 saturated heterocycles. The molecular weight excluding hydrogens is 574 g/mol. The summed E-state index contributed by atoms with van der Waals surface area (Å²) in [5.41, 5.74) is 2.93. The molecule has 0 radical (unpaired) electrons. The molecule has 9 nitrogen and oxygen atoms in total. The molecule has 0 unspecified atom stereocenters. The van der Waals surface area contributed by atoms with Crippen LogP contribution >= 0.6 is 0 Å². The van der Waals surface area contributed by atoms with E-state index in [0.29, 0.717) is 39.0 Å². The number of amides is 1. The van der Waals surface area contributed by atoms with Crippen LogP contribution in [0.1, 0.15) is 49.2 Å². The molecule has 5 rings (SSSR count). The van der Waals surface area contributed by atoms with E-state index in [1.165, 1.54) is 30.8 Å². The van der Waals surface area contributed by atoms with Crippen LogP contribution in [0.2, 0.25) is 0 Å². The molecular formula is C31H32F2N6O3S. The van der Waals surface area contributed by atoms with Gasteiger partial charge in [-0.25, -0.2) is 26.9 Å². The maximum Gasteiger partial charge on any atom is 0.260 e. The molecule has 43 heavy (non-hydrogen) atoms. The van der Waals surface area contributed by atoms with Crippen molar-refractivity contribution in [2.45, 2.75) is 49.7 Å². The second kappa shape index (κ2) is 12.6. The highest BCUT2D eigenvalue weighted by atomic mass is 32.2. The number of piperidine rings is 1. The fraction of sp³-hybridized carbons (Fsp3) is 0.323. The lowest BCUT2D eigenvalue weighted by atomic mass is 9.94. The van der Waals surface area contributed by atoms with Crippen LogP contribution in [0.3, 0.4) is 0 Å². The maximum atomic E-state index is 14.1. The zero-order chi connectivity index (χ0) is 30.7. The summed E-state index contributed by atoms with van der Waals surface area (Å²) in [6, 6.07) is 11.2. The van der Waals surface area contributed by atoms with Gasteiger partial charge >= 0.3 is 0 Å². The Balaban J connectivity index is 1.70. The van der Waals surface area contributed by atoms with Crippen molar-refractivity contribution in [2.75, 3.05) is 13.6 Å². The molecule has 0 bridgehead atoms. The molecule has 1 fully saturated rings. The summed E-state index contributed by atoms with van der Waals surface area (Å²) in [4.78, 5) is 17.3. The van der Waals surface area contributed by atoms with Crippen LogP contribution < -0.4 is 15.4 Å². The molecule has 0 aliphatic carbocycles. The first-order valence-corrected chi connectivity index (χ1v) is 15.4. The van der Waals surface area contributed by atoms with Crippen LogP contribution in [0.5, 0.6) is 0 Å². The summed E-state index contributed by atoms with van der Waals surface area (Å²) in [5, 5.41) is 10.8. The highest BCUT2D eigenvalue weighted by molar-refractivity contribution is 7.89. The van der Waals surface area contributed by atoms with Gasteiger partial charge in [-0.15, -0.1) is 0 Å². The number of hydrogen-bond acceptors (Lipinski definition) is 6. The molecule has 4 aromatic rings. The maximum absolute atomic E-state index is 14.1. The Morgan fingerprint density at radius 1 is 1.14 bits per heavy atom. The minimum absolute atomic E-state index is 0.0378. The van der Waals surface area contributed by atoms with Crippen molar-refractivity contribution in [3.8, 4) is 23.0 Å². The number of fused-ring (bicyclic) bond motifs is 1. The lowest BCUT2D eigenvalue weighted by molar-refractivity contribution is -0.119. The first-order valence-electron chi connectivity index (χ1n) is 13.9. The van der Waals surface area contributed by atoms with Gasteiger partial charge in [-0.3, -0.25) is 9.48 Å². The van der Waals surface area contributed by atoms with Gasteiger partial charge in [0.2, 0.25) is 5.91 Å². The normalized spacial score (nSPS) is 16.0. The van der Waals surface area contributed by atoms with Gasteiger partial charge in [0.1, 0.15) is 17.3 Å². The Labute approximate surface area is 249 Å². The first-order chi connectivity index (χ1) is 20.6. The van der Waals surface area contributed by atoms with E-state index in [1.807, 2.05) is 12.1 Å².